The maximum absolute atomic E-state index is 13.8. The monoisotopic (exact) mass is 345 g/mol. The number of fused-ring (bicyclic) bond motifs is 1. The summed E-state index contributed by atoms with van der Waals surface area (Å²) in [5, 5.41) is 11.4. The third-order valence-corrected chi connectivity index (χ3v) is 3.94. The highest BCUT2D eigenvalue weighted by atomic mass is 79.9. The highest BCUT2D eigenvalue weighted by Gasteiger charge is 2.15. The van der Waals surface area contributed by atoms with Crippen LogP contribution in [0.4, 0.5) is 4.39 Å². The van der Waals surface area contributed by atoms with Gasteiger partial charge in [-0.2, -0.15) is 0 Å². The van der Waals surface area contributed by atoms with Crippen LogP contribution in [-0.4, -0.2) is 10.1 Å². The van der Waals surface area contributed by atoms with Crippen LogP contribution in [0.15, 0.2) is 59.2 Å². The van der Waals surface area contributed by atoms with E-state index in [2.05, 4.69) is 20.9 Å². The average Bonchev–Trinajstić information content (AvgIpc) is 2.50. The van der Waals surface area contributed by atoms with E-state index in [1.807, 2.05) is 30.3 Å². The molecule has 106 valence electrons. The van der Waals surface area contributed by atoms with Crippen molar-refractivity contribution < 1.29 is 9.50 Å². The number of hydrogen-bond donors (Lipinski definition) is 1. The predicted octanol–water partition coefficient (Wildman–Crippen LogP) is 4.41. The lowest BCUT2D eigenvalue weighted by Gasteiger charge is -2.14. The van der Waals surface area contributed by atoms with E-state index in [4.69, 9.17) is 0 Å². The summed E-state index contributed by atoms with van der Waals surface area (Å²) in [6.45, 7) is 0. The number of aliphatic hydroxyl groups excluding tert-OH is 1. The molecule has 0 fully saturated rings. The van der Waals surface area contributed by atoms with Crippen LogP contribution >= 0.6 is 15.9 Å². The molecule has 0 spiro atoms. The Bertz CT molecular complexity index is 785. The molecular formula is C17H13BrFNO. The van der Waals surface area contributed by atoms with Crippen LogP contribution in [0.1, 0.15) is 17.2 Å². The van der Waals surface area contributed by atoms with Crippen LogP contribution in [-0.2, 0) is 6.42 Å². The number of halogens is 2. The minimum atomic E-state index is -0.799. The van der Waals surface area contributed by atoms with Crippen LogP contribution in [0, 0.1) is 5.82 Å². The molecule has 1 atom stereocenters. The SMILES string of the molecule is OC(Cc1cc(Br)ccc1F)c1cccc2cccnc12. The molecule has 0 amide bonds. The Morgan fingerprint density at radius 3 is 2.81 bits per heavy atom. The highest BCUT2D eigenvalue weighted by Crippen LogP contribution is 2.27. The molecule has 21 heavy (non-hydrogen) atoms. The molecule has 1 aromatic heterocycles. The second kappa shape index (κ2) is 5.92. The molecule has 3 rings (SSSR count). The van der Waals surface area contributed by atoms with Gasteiger partial charge >= 0.3 is 0 Å². The smallest absolute Gasteiger partial charge is 0.126 e. The minimum Gasteiger partial charge on any atom is -0.388 e. The number of nitrogens with zero attached hydrogens (tertiary/aromatic N) is 1. The Balaban J connectivity index is 1.97. The molecule has 0 radical (unpaired) electrons. The molecule has 1 heterocycles. The molecule has 1 unspecified atom stereocenters. The van der Waals surface area contributed by atoms with Gasteiger partial charge in [0.05, 0.1) is 11.6 Å². The average molecular weight is 346 g/mol. The molecule has 2 aromatic carbocycles. The first-order valence-corrected chi connectivity index (χ1v) is 7.40. The first kappa shape index (κ1) is 14.2. The summed E-state index contributed by atoms with van der Waals surface area (Å²) in [6.07, 6.45) is 1.10. The standard InChI is InChI=1S/C17H13BrFNO/c18-13-6-7-15(19)12(9-13)10-16(21)14-5-1-3-11-4-2-8-20-17(11)14/h1-9,16,21H,10H2. The zero-order valence-electron chi connectivity index (χ0n) is 11.1. The Kier molecular flexibility index (Phi) is 3.99. The van der Waals surface area contributed by atoms with E-state index in [1.165, 1.54) is 6.07 Å². The summed E-state index contributed by atoms with van der Waals surface area (Å²) in [4.78, 5) is 4.32. The normalized spacial score (nSPS) is 12.5. The fourth-order valence-electron chi connectivity index (χ4n) is 2.41. The Labute approximate surface area is 130 Å². The highest BCUT2D eigenvalue weighted by molar-refractivity contribution is 9.10. The maximum atomic E-state index is 13.8. The van der Waals surface area contributed by atoms with Crippen molar-refractivity contribution in [3.63, 3.8) is 0 Å². The molecule has 4 heteroatoms. The van der Waals surface area contributed by atoms with Crippen LogP contribution in [0.5, 0.6) is 0 Å². The quantitative estimate of drug-likeness (QED) is 0.762. The third kappa shape index (κ3) is 2.96. The molecule has 0 bridgehead atoms. The van der Waals surface area contributed by atoms with E-state index in [1.54, 1.807) is 18.3 Å². The molecule has 3 aromatic rings. The maximum Gasteiger partial charge on any atom is 0.126 e. The first-order valence-electron chi connectivity index (χ1n) is 6.61. The van der Waals surface area contributed by atoms with E-state index in [0.29, 0.717) is 11.1 Å². The second-order valence-corrected chi connectivity index (χ2v) is 5.79. The van der Waals surface area contributed by atoms with Crippen LogP contribution in [0.25, 0.3) is 10.9 Å². The van der Waals surface area contributed by atoms with Gasteiger partial charge in [-0.1, -0.05) is 40.2 Å². The summed E-state index contributed by atoms with van der Waals surface area (Å²) in [6, 6.07) is 14.2. The Morgan fingerprint density at radius 1 is 1.14 bits per heavy atom. The first-order chi connectivity index (χ1) is 10.1. The number of pyridine rings is 1. The summed E-state index contributed by atoms with van der Waals surface area (Å²) in [5.41, 5.74) is 1.94. The van der Waals surface area contributed by atoms with E-state index >= 15 is 0 Å². The van der Waals surface area contributed by atoms with Gasteiger partial charge in [-0.05, 0) is 29.8 Å². The van der Waals surface area contributed by atoms with Crippen LogP contribution < -0.4 is 0 Å². The van der Waals surface area contributed by atoms with Crippen molar-refractivity contribution in [2.24, 2.45) is 0 Å². The summed E-state index contributed by atoms with van der Waals surface area (Å²) >= 11 is 3.32. The molecule has 0 aliphatic rings. The number of hydrogen-bond acceptors (Lipinski definition) is 2. The number of para-hydroxylation sites is 1. The van der Waals surface area contributed by atoms with Crippen LogP contribution in [0.3, 0.4) is 0 Å². The lowest BCUT2D eigenvalue weighted by Crippen LogP contribution is -2.05. The number of aromatic nitrogens is 1. The van der Waals surface area contributed by atoms with E-state index in [0.717, 1.165) is 15.4 Å². The van der Waals surface area contributed by atoms with Crippen molar-refractivity contribution in [2.75, 3.05) is 0 Å². The predicted molar refractivity (Wildman–Crippen MR) is 84.5 cm³/mol. The lowest BCUT2D eigenvalue weighted by atomic mass is 9.98. The Hall–Kier alpha value is -1.78. The topological polar surface area (TPSA) is 33.1 Å². The van der Waals surface area contributed by atoms with Gasteiger partial charge in [0, 0.05) is 28.0 Å². The molecule has 0 saturated carbocycles. The Morgan fingerprint density at radius 2 is 1.95 bits per heavy atom. The van der Waals surface area contributed by atoms with Gasteiger partial charge in [0.15, 0.2) is 0 Å². The van der Waals surface area contributed by atoms with Crippen molar-refractivity contribution in [3.05, 3.63) is 76.1 Å². The fraction of sp³-hybridized carbons (Fsp3) is 0.118. The molecule has 0 saturated heterocycles. The molecule has 0 aliphatic carbocycles. The van der Waals surface area contributed by atoms with Gasteiger partial charge in [-0.3, -0.25) is 4.98 Å². The van der Waals surface area contributed by atoms with Crippen molar-refractivity contribution >= 4 is 26.8 Å². The van der Waals surface area contributed by atoms with Gasteiger partial charge < -0.3 is 5.11 Å². The minimum absolute atomic E-state index is 0.209. The van der Waals surface area contributed by atoms with Crippen molar-refractivity contribution in [1.29, 1.82) is 0 Å². The second-order valence-electron chi connectivity index (χ2n) is 4.88. The van der Waals surface area contributed by atoms with Crippen molar-refractivity contribution in [3.8, 4) is 0 Å². The van der Waals surface area contributed by atoms with Crippen molar-refractivity contribution in [2.45, 2.75) is 12.5 Å². The number of rotatable bonds is 3. The van der Waals surface area contributed by atoms with Gasteiger partial charge in [-0.15, -0.1) is 0 Å². The number of aliphatic hydroxyl groups is 1. The molecule has 0 aliphatic heterocycles. The zero-order valence-corrected chi connectivity index (χ0v) is 12.7. The summed E-state index contributed by atoms with van der Waals surface area (Å²) in [7, 11) is 0. The molecule has 1 N–H and O–H groups in total. The van der Waals surface area contributed by atoms with E-state index in [9.17, 15) is 9.50 Å². The van der Waals surface area contributed by atoms with Gasteiger partial charge in [-0.25, -0.2) is 4.39 Å². The summed E-state index contributed by atoms with van der Waals surface area (Å²) in [5.74, 6) is -0.314. The summed E-state index contributed by atoms with van der Waals surface area (Å²) < 4.78 is 14.6. The van der Waals surface area contributed by atoms with Gasteiger partial charge in [0.1, 0.15) is 5.82 Å². The fourth-order valence-corrected chi connectivity index (χ4v) is 2.82. The van der Waals surface area contributed by atoms with Gasteiger partial charge in [0.25, 0.3) is 0 Å². The molecule has 2 nitrogen and oxygen atoms in total. The lowest BCUT2D eigenvalue weighted by molar-refractivity contribution is 0.178. The third-order valence-electron chi connectivity index (χ3n) is 3.44. The molecular weight excluding hydrogens is 333 g/mol. The van der Waals surface area contributed by atoms with Crippen LogP contribution in [0.2, 0.25) is 0 Å². The zero-order chi connectivity index (χ0) is 14.8. The van der Waals surface area contributed by atoms with E-state index < -0.39 is 6.10 Å². The van der Waals surface area contributed by atoms with E-state index in [-0.39, 0.29) is 12.2 Å². The van der Waals surface area contributed by atoms with Crippen molar-refractivity contribution in [1.82, 2.24) is 4.98 Å². The largest absolute Gasteiger partial charge is 0.388 e. The van der Waals surface area contributed by atoms with Gasteiger partial charge in [0.2, 0.25) is 0 Å². The number of benzene rings is 2.